The smallest absolute Gasteiger partial charge is 0.191 e. The van der Waals surface area contributed by atoms with Crippen LogP contribution in [0.1, 0.15) is 44.4 Å². The molecule has 0 bridgehead atoms. The molecule has 1 aliphatic heterocycles. The Bertz CT molecular complexity index is 583. The molecule has 1 aliphatic rings. The van der Waals surface area contributed by atoms with Crippen LogP contribution < -0.4 is 10.6 Å². The number of aliphatic hydroxyl groups is 1. The predicted molar refractivity (Wildman–Crippen MR) is 116 cm³/mol. The van der Waals surface area contributed by atoms with E-state index >= 15 is 0 Å². The number of ether oxygens (including phenoxy) is 1. The zero-order chi connectivity index (χ0) is 20.4. The number of hydrogen-bond acceptors (Lipinski definition) is 4. The van der Waals surface area contributed by atoms with Gasteiger partial charge in [-0.3, -0.25) is 9.89 Å². The molecule has 6 heteroatoms. The number of benzene rings is 1. The van der Waals surface area contributed by atoms with E-state index in [1.54, 1.807) is 0 Å². The SMILES string of the molecule is CCNC(=NCC(CC(C)C)N1CCOCC1)NCC(O)c1ccc(C)cc1. The molecule has 0 saturated carbocycles. The maximum atomic E-state index is 10.5. The fraction of sp³-hybridized carbons (Fsp3) is 0.682. The molecule has 1 saturated heterocycles. The Morgan fingerprint density at radius 1 is 1.18 bits per heavy atom. The molecule has 3 N–H and O–H groups in total. The Kier molecular flexibility index (Phi) is 9.75. The lowest BCUT2D eigenvalue weighted by molar-refractivity contribution is 0.0143. The summed E-state index contributed by atoms with van der Waals surface area (Å²) in [6.45, 7) is 14.2. The summed E-state index contributed by atoms with van der Waals surface area (Å²) in [6, 6.07) is 8.42. The molecule has 2 unspecified atom stereocenters. The summed E-state index contributed by atoms with van der Waals surface area (Å²) >= 11 is 0. The van der Waals surface area contributed by atoms with E-state index in [1.165, 1.54) is 5.56 Å². The summed E-state index contributed by atoms with van der Waals surface area (Å²) in [7, 11) is 0. The first-order valence-corrected chi connectivity index (χ1v) is 10.6. The normalized spacial score (nSPS) is 18.1. The van der Waals surface area contributed by atoms with Gasteiger partial charge in [0.15, 0.2) is 5.96 Å². The second-order valence-electron chi connectivity index (χ2n) is 7.96. The van der Waals surface area contributed by atoms with Crippen LogP contribution in [-0.4, -0.2) is 67.9 Å². The lowest BCUT2D eigenvalue weighted by atomic mass is 10.0. The molecular weight excluding hydrogens is 352 g/mol. The number of nitrogens with zero attached hydrogens (tertiary/aromatic N) is 2. The van der Waals surface area contributed by atoms with Gasteiger partial charge in [0.2, 0.25) is 0 Å². The number of guanidine groups is 1. The molecule has 1 fully saturated rings. The molecule has 0 aliphatic carbocycles. The number of aliphatic hydroxyl groups excluding tert-OH is 1. The minimum atomic E-state index is -0.560. The van der Waals surface area contributed by atoms with E-state index in [2.05, 4.69) is 36.3 Å². The van der Waals surface area contributed by atoms with E-state index in [0.29, 0.717) is 18.5 Å². The first kappa shape index (κ1) is 22.7. The number of morpholine rings is 1. The number of aliphatic imine (C=N–C) groups is 1. The largest absolute Gasteiger partial charge is 0.387 e. The number of aryl methyl sites for hydroxylation is 1. The van der Waals surface area contributed by atoms with Crippen molar-refractivity contribution in [1.29, 1.82) is 0 Å². The van der Waals surface area contributed by atoms with Crippen molar-refractivity contribution in [2.24, 2.45) is 10.9 Å². The molecule has 0 amide bonds. The summed E-state index contributed by atoms with van der Waals surface area (Å²) in [6.07, 6.45) is 0.560. The molecule has 1 heterocycles. The van der Waals surface area contributed by atoms with Crippen molar-refractivity contribution >= 4 is 5.96 Å². The summed E-state index contributed by atoms with van der Waals surface area (Å²) in [5.41, 5.74) is 2.11. The number of rotatable bonds is 9. The number of hydrogen-bond donors (Lipinski definition) is 3. The van der Waals surface area contributed by atoms with E-state index in [4.69, 9.17) is 9.73 Å². The fourth-order valence-corrected chi connectivity index (χ4v) is 3.46. The van der Waals surface area contributed by atoms with Crippen molar-refractivity contribution in [3.8, 4) is 0 Å². The van der Waals surface area contributed by atoms with Gasteiger partial charge in [-0.25, -0.2) is 0 Å². The Morgan fingerprint density at radius 2 is 1.86 bits per heavy atom. The molecule has 0 radical (unpaired) electrons. The Morgan fingerprint density at radius 3 is 2.46 bits per heavy atom. The van der Waals surface area contributed by atoms with Crippen molar-refractivity contribution in [1.82, 2.24) is 15.5 Å². The van der Waals surface area contributed by atoms with E-state index in [9.17, 15) is 5.11 Å². The zero-order valence-corrected chi connectivity index (χ0v) is 17.9. The summed E-state index contributed by atoms with van der Waals surface area (Å²) in [5.74, 6) is 1.39. The Balaban J connectivity index is 1.95. The van der Waals surface area contributed by atoms with Gasteiger partial charge >= 0.3 is 0 Å². The first-order valence-electron chi connectivity index (χ1n) is 10.6. The van der Waals surface area contributed by atoms with Gasteiger partial charge in [0.05, 0.1) is 25.9 Å². The van der Waals surface area contributed by atoms with E-state index in [0.717, 1.165) is 57.3 Å². The second kappa shape index (κ2) is 12.0. The molecule has 2 atom stereocenters. The van der Waals surface area contributed by atoms with Crippen LogP contribution in [0.3, 0.4) is 0 Å². The van der Waals surface area contributed by atoms with Gasteiger partial charge in [-0.15, -0.1) is 0 Å². The molecule has 6 nitrogen and oxygen atoms in total. The van der Waals surface area contributed by atoms with Gasteiger partial charge in [0.1, 0.15) is 0 Å². The molecule has 2 rings (SSSR count). The highest BCUT2D eigenvalue weighted by Gasteiger charge is 2.22. The van der Waals surface area contributed by atoms with Crippen molar-refractivity contribution in [2.75, 3.05) is 45.9 Å². The van der Waals surface area contributed by atoms with E-state index < -0.39 is 6.10 Å². The zero-order valence-electron chi connectivity index (χ0n) is 17.9. The summed E-state index contributed by atoms with van der Waals surface area (Å²) in [5, 5.41) is 17.0. The average molecular weight is 391 g/mol. The highest BCUT2D eigenvalue weighted by Crippen LogP contribution is 2.15. The van der Waals surface area contributed by atoms with Crippen LogP contribution in [0.2, 0.25) is 0 Å². The highest BCUT2D eigenvalue weighted by molar-refractivity contribution is 5.79. The minimum Gasteiger partial charge on any atom is -0.387 e. The average Bonchev–Trinajstić information content (AvgIpc) is 2.69. The van der Waals surface area contributed by atoms with Gasteiger partial charge in [0, 0.05) is 32.2 Å². The van der Waals surface area contributed by atoms with Crippen LogP contribution >= 0.6 is 0 Å². The second-order valence-corrected chi connectivity index (χ2v) is 7.96. The topological polar surface area (TPSA) is 69.1 Å². The van der Waals surface area contributed by atoms with Crippen LogP contribution in [0.25, 0.3) is 0 Å². The van der Waals surface area contributed by atoms with Gasteiger partial charge in [-0.2, -0.15) is 0 Å². The molecule has 0 spiro atoms. The quantitative estimate of drug-likeness (QED) is 0.446. The lowest BCUT2D eigenvalue weighted by Crippen LogP contribution is -2.46. The van der Waals surface area contributed by atoms with Crippen LogP contribution in [0.15, 0.2) is 29.3 Å². The van der Waals surface area contributed by atoms with Crippen molar-refractivity contribution in [3.05, 3.63) is 35.4 Å². The first-order chi connectivity index (χ1) is 13.5. The van der Waals surface area contributed by atoms with Gasteiger partial charge in [-0.05, 0) is 31.7 Å². The maximum absolute atomic E-state index is 10.5. The summed E-state index contributed by atoms with van der Waals surface area (Å²) in [4.78, 5) is 7.32. The molecule has 1 aromatic carbocycles. The van der Waals surface area contributed by atoms with Crippen molar-refractivity contribution in [2.45, 2.75) is 46.3 Å². The van der Waals surface area contributed by atoms with Crippen LogP contribution in [0, 0.1) is 12.8 Å². The van der Waals surface area contributed by atoms with E-state index in [-0.39, 0.29) is 0 Å². The van der Waals surface area contributed by atoms with E-state index in [1.807, 2.05) is 31.2 Å². The number of nitrogens with one attached hydrogen (secondary N) is 2. The third kappa shape index (κ3) is 7.78. The Hall–Kier alpha value is -1.63. The molecule has 0 aromatic heterocycles. The molecular formula is C22H38N4O2. The standard InChI is InChI=1S/C22H38N4O2/c1-5-23-22(25-16-21(27)19-8-6-18(4)7-9-19)24-15-20(14-17(2)3)26-10-12-28-13-11-26/h6-9,17,20-21,27H,5,10-16H2,1-4H3,(H2,23,24,25). The third-order valence-electron chi connectivity index (χ3n) is 5.03. The Labute approximate surface area is 170 Å². The van der Waals surface area contributed by atoms with Crippen LogP contribution in [0.5, 0.6) is 0 Å². The third-order valence-corrected chi connectivity index (χ3v) is 5.03. The van der Waals surface area contributed by atoms with Gasteiger partial charge in [0.25, 0.3) is 0 Å². The predicted octanol–water partition coefficient (Wildman–Crippen LogP) is 2.33. The lowest BCUT2D eigenvalue weighted by Gasteiger charge is -2.34. The van der Waals surface area contributed by atoms with Crippen LogP contribution in [-0.2, 0) is 4.74 Å². The maximum Gasteiger partial charge on any atom is 0.191 e. The molecule has 158 valence electrons. The molecule has 28 heavy (non-hydrogen) atoms. The fourth-order valence-electron chi connectivity index (χ4n) is 3.46. The van der Waals surface area contributed by atoms with Crippen molar-refractivity contribution in [3.63, 3.8) is 0 Å². The van der Waals surface area contributed by atoms with Gasteiger partial charge in [-0.1, -0.05) is 43.7 Å². The monoisotopic (exact) mass is 390 g/mol. The minimum absolute atomic E-state index is 0.418. The highest BCUT2D eigenvalue weighted by atomic mass is 16.5. The molecule has 1 aromatic rings. The van der Waals surface area contributed by atoms with Crippen molar-refractivity contribution < 1.29 is 9.84 Å². The van der Waals surface area contributed by atoms with Crippen LogP contribution in [0.4, 0.5) is 0 Å². The van der Waals surface area contributed by atoms with Gasteiger partial charge < -0.3 is 20.5 Å². The summed E-state index contributed by atoms with van der Waals surface area (Å²) < 4.78 is 5.50.